The van der Waals surface area contributed by atoms with Gasteiger partial charge in [-0.1, -0.05) is 12.1 Å². The van der Waals surface area contributed by atoms with Crippen molar-refractivity contribution < 1.29 is 17.9 Å². The van der Waals surface area contributed by atoms with Crippen LogP contribution < -0.4 is 10.1 Å². The molecule has 1 aromatic rings. The first-order chi connectivity index (χ1) is 8.54. The van der Waals surface area contributed by atoms with E-state index in [1.807, 2.05) is 6.07 Å². The van der Waals surface area contributed by atoms with Crippen molar-refractivity contribution in [2.75, 3.05) is 13.1 Å². The molecule has 2 rings (SSSR count). The van der Waals surface area contributed by atoms with E-state index in [2.05, 4.69) is 10.1 Å². The number of hydrogen-bond acceptors (Lipinski definition) is 2. The first-order valence-corrected chi connectivity index (χ1v) is 6.11. The van der Waals surface area contributed by atoms with Crippen LogP contribution in [0.4, 0.5) is 13.2 Å². The van der Waals surface area contributed by atoms with Crippen molar-refractivity contribution >= 4 is 0 Å². The smallest absolute Gasteiger partial charge is 0.406 e. The molecule has 1 aliphatic rings. The lowest BCUT2D eigenvalue weighted by Gasteiger charge is -2.16. The van der Waals surface area contributed by atoms with Crippen LogP contribution >= 0.6 is 0 Å². The summed E-state index contributed by atoms with van der Waals surface area (Å²) in [6.07, 6.45) is -1.61. The summed E-state index contributed by atoms with van der Waals surface area (Å²) >= 11 is 0. The van der Waals surface area contributed by atoms with E-state index in [4.69, 9.17) is 0 Å². The molecule has 5 heteroatoms. The molecule has 0 spiro atoms. The normalized spacial score (nSPS) is 21.4. The zero-order valence-electron chi connectivity index (χ0n) is 9.96. The minimum absolute atomic E-state index is 0.128. The third-order valence-electron chi connectivity index (χ3n) is 3.14. The maximum absolute atomic E-state index is 12.1. The van der Waals surface area contributed by atoms with Crippen LogP contribution in [0.15, 0.2) is 24.3 Å². The summed E-state index contributed by atoms with van der Waals surface area (Å²) in [6.45, 7) is 1.89. The van der Waals surface area contributed by atoms with Crippen LogP contribution in [0, 0.1) is 0 Å². The van der Waals surface area contributed by atoms with Crippen molar-refractivity contribution in [1.29, 1.82) is 0 Å². The molecule has 0 bridgehead atoms. The molecular weight excluding hydrogens is 243 g/mol. The molecule has 1 unspecified atom stereocenters. The second kappa shape index (κ2) is 5.61. The fourth-order valence-electron chi connectivity index (χ4n) is 2.32. The number of hydrogen-bond donors (Lipinski definition) is 1. The molecule has 1 atom stereocenters. The summed E-state index contributed by atoms with van der Waals surface area (Å²) in [5.74, 6) is 0.189. The zero-order valence-corrected chi connectivity index (χ0v) is 9.96. The average Bonchev–Trinajstić information content (AvgIpc) is 2.55. The van der Waals surface area contributed by atoms with Gasteiger partial charge < -0.3 is 10.1 Å². The van der Waals surface area contributed by atoms with E-state index in [9.17, 15) is 13.2 Å². The SMILES string of the molecule is FC(F)(F)Oc1cccc(C2CCCNCC2)c1. The molecule has 1 N–H and O–H groups in total. The van der Waals surface area contributed by atoms with Gasteiger partial charge in [0.15, 0.2) is 0 Å². The predicted octanol–water partition coefficient (Wildman–Crippen LogP) is 3.44. The molecule has 0 saturated carbocycles. The van der Waals surface area contributed by atoms with Crippen LogP contribution in [0.2, 0.25) is 0 Å². The van der Waals surface area contributed by atoms with Crippen molar-refractivity contribution in [3.05, 3.63) is 29.8 Å². The minimum atomic E-state index is -4.62. The Bertz CT molecular complexity index is 384. The van der Waals surface area contributed by atoms with E-state index < -0.39 is 6.36 Å². The van der Waals surface area contributed by atoms with E-state index in [1.54, 1.807) is 6.07 Å². The quantitative estimate of drug-likeness (QED) is 0.878. The predicted molar refractivity (Wildman–Crippen MR) is 62.6 cm³/mol. The second-order valence-corrected chi connectivity index (χ2v) is 4.50. The standard InChI is InChI=1S/C13H16F3NO/c14-13(15,16)18-12-5-1-3-11(9-12)10-4-2-7-17-8-6-10/h1,3,5,9-10,17H,2,4,6-8H2. The molecule has 2 nitrogen and oxygen atoms in total. The summed E-state index contributed by atoms with van der Waals surface area (Å²) in [4.78, 5) is 0. The minimum Gasteiger partial charge on any atom is -0.406 e. The fraction of sp³-hybridized carbons (Fsp3) is 0.538. The van der Waals surface area contributed by atoms with Gasteiger partial charge in [0.2, 0.25) is 0 Å². The Hall–Kier alpha value is -1.23. The molecule has 100 valence electrons. The maximum Gasteiger partial charge on any atom is 0.573 e. The van der Waals surface area contributed by atoms with E-state index in [0.717, 1.165) is 37.9 Å². The number of alkyl halides is 3. The molecule has 18 heavy (non-hydrogen) atoms. The van der Waals surface area contributed by atoms with E-state index in [1.165, 1.54) is 12.1 Å². The molecule has 1 aliphatic heterocycles. The van der Waals surface area contributed by atoms with Crippen LogP contribution in [0.25, 0.3) is 0 Å². The summed E-state index contributed by atoms with van der Waals surface area (Å²) in [5.41, 5.74) is 0.931. The molecule has 0 aromatic heterocycles. The second-order valence-electron chi connectivity index (χ2n) is 4.50. The van der Waals surface area contributed by atoms with Gasteiger partial charge in [-0.3, -0.25) is 0 Å². The average molecular weight is 259 g/mol. The van der Waals surface area contributed by atoms with Gasteiger partial charge in [-0.2, -0.15) is 0 Å². The number of halogens is 3. The highest BCUT2D eigenvalue weighted by Gasteiger charge is 2.31. The third-order valence-corrected chi connectivity index (χ3v) is 3.14. The lowest BCUT2D eigenvalue weighted by molar-refractivity contribution is -0.274. The molecule has 0 aliphatic carbocycles. The maximum atomic E-state index is 12.1. The lowest BCUT2D eigenvalue weighted by atomic mass is 9.92. The van der Waals surface area contributed by atoms with Gasteiger partial charge in [-0.05, 0) is 56.0 Å². The van der Waals surface area contributed by atoms with Crippen LogP contribution in [0.3, 0.4) is 0 Å². The fourth-order valence-corrected chi connectivity index (χ4v) is 2.32. The van der Waals surface area contributed by atoms with Gasteiger partial charge in [0.25, 0.3) is 0 Å². The molecule has 0 amide bonds. The van der Waals surface area contributed by atoms with E-state index in [0.29, 0.717) is 5.92 Å². The molecule has 1 fully saturated rings. The van der Waals surface area contributed by atoms with Crippen molar-refractivity contribution in [3.8, 4) is 5.75 Å². The Morgan fingerprint density at radius 1 is 1.17 bits per heavy atom. The first-order valence-electron chi connectivity index (χ1n) is 6.11. The van der Waals surface area contributed by atoms with E-state index >= 15 is 0 Å². The monoisotopic (exact) mass is 259 g/mol. The number of ether oxygens (including phenoxy) is 1. The van der Waals surface area contributed by atoms with Gasteiger partial charge in [-0.25, -0.2) is 0 Å². The van der Waals surface area contributed by atoms with Gasteiger partial charge in [-0.15, -0.1) is 13.2 Å². The first kappa shape index (κ1) is 13.2. The van der Waals surface area contributed by atoms with Gasteiger partial charge in [0.1, 0.15) is 5.75 Å². The topological polar surface area (TPSA) is 21.3 Å². The zero-order chi connectivity index (χ0) is 13.0. The van der Waals surface area contributed by atoms with Gasteiger partial charge in [0.05, 0.1) is 0 Å². The number of rotatable bonds is 2. The number of nitrogens with one attached hydrogen (secondary N) is 1. The Balaban J connectivity index is 2.10. The highest BCUT2D eigenvalue weighted by molar-refractivity contribution is 5.31. The van der Waals surface area contributed by atoms with Crippen molar-refractivity contribution in [2.45, 2.75) is 31.5 Å². The molecule has 0 radical (unpaired) electrons. The Morgan fingerprint density at radius 2 is 2.00 bits per heavy atom. The Labute approximate surface area is 104 Å². The van der Waals surface area contributed by atoms with Crippen molar-refractivity contribution in [3.63, 3.8) is 0 Å². The third kappa shape index (κ3) is 3.91. The Morgan fingerprint density at radius 3 is 2.78 bits per heavy atom. The van der Waals surface area contributed by atoms with Crippen LogP contribution in [0.1, 0.15) is 30.7 Å². The van der Waals surface area contributed by atoms with Crippen LogP contribution in [-0.2, 0) is 0 Å². The highest BCUT2D eigenvalue weighted by atomic mass is 19.4. The van der Waals surface area contributed by atoms with Gasteiger partial charge in [0, 0.05) is 0 Å². The lowest BCUT2D eigenvalue weighted by Crippen LogP contribution is -2.17. The summed E-state index contributed by atoms with van der Waals surface area (Å²) in [6, 6.07) is 6.34. The Kier molecular flexibility index (Phi) is 4.11. The summed E-state index contributed by atoms with van der Waals surface area (Å²) < 4.78 is 40.4. The highest BCUT2D eigenvalue weighted by Crippen LogP contribution is 2.30. The largest absolute Gasteiger partial charge is 0.573 e. The molecular formula is C13H16F3NO. The summed E-state index contributed by atoms with van der Waals surface area (Å²) in [5, 5.41) is 3.29. The van der Waals surface area contributed by atoms with Crippen LogP contribution in [0.5, 0.6) is 5.75 Å². The number of benzene rings is 1. The van der Waals surface area contributed by atoms with E-state index in [-0.39, 0.29) is 5.75 Å². The van der Waals surface area contributed by atoms with Gasteiger partial charge >= 0.3 is 6.36 Å². The molecule has 1 heterocycles. The molecule has 1 aromatic carbocycles. The van der Waals surface area contributed by atoms with Crippen molar-refractivity contribution in [1.82, 2.24) is 5.32 Å². The summed E-state index contributed by atoms with van der Waals surface area (Å²) in [7, 11) is 0. The van der Waals surface area contributed by atoms with Crippen molar-refractivity contribution in [2.24, 2.45) is 0 Å². The molecule has 1 saturated heterocycles. The van der Waals surface area contributed by atoms with Crippen LogP contribution in [-0.4, -0.2) is 19.5 Å².